The van der Waals surface area contributed by atoms with Crippen molar-refractivity contribution in [1.82, 2.24) is 9.97 Å². The highest BCUT2D eigenvalue weighted by Crippen LogP contribution is 2.31. The Morgan fingerprint density at radius 3 is 2.50 bits per heavy atom. The zero-order valence-corrected chi connectivity index (χ0v) is 13.9. The molecule has 22 heavy (non-hydrogen) atoms. The number of halogens is 1. The molecule has 0 radical (unpaired) electrons. The van der Waals surface area contributed by atoms with Crippen LogP contribution in [0.15, 0.2) is 30.3 Å². The minimum Gasteiger partial charge on any atom is -0.233 e. The van der Waals surface area contributed by atoms with Gasteiger partial charge in [0.1, 0.15) is 0 Å². The van der Waals surface area contributed by atoms with E-state index < -0.39 is 9.84 Å². The quantitative estimate of drug-likeness (QED) is 0.839. The third-order valence-electron chi connectivity index (χ3n) is 3.56. The lowest BCUT2D eigenvalue weighted by Gasteiger charge is -2.07. The lowest BCUT2D eigenvalue weighted by Crippen LogP contribution is -2.12. The van der Waals surface area contributed by atoms with Crippen LogP contribution in [0.1, 0.15) is 24.2 Å². The molecule has 2 aromatic rings. The van der Waals surface area contributed by atoms with Gasteiger partial charge < -0.3 is 0 Å². The Morgan fingerprint density at radius 1 is 1.18 bits per heavy atom. The van der Waals surface area contributed by atoms with Crippen LogP contribution in [0, 0.1) is 12.8 Å². The van der Waals surface area contributed by atoms with E-state index in [9.17, 15) is 8.42 Å². The van der Waals surface area contributed by atoms with Crippen LogP contribution in [0.4, 0.5) is 0 Å². The Hall–Kier alpha value is -1.46. The van der Waals surface area contributed by atoms with E-state index >= 15 is 0 Å². The fourth-order valence-electron chi connectivity index (χ4n) is 2.36. The number of rotatable bonds is 5. The van der Waals surface area contributed by atoms with Gasteiger partial charge in [-0.25, -0.2) is 18.4 Å². The molecule has 1 aliphatic rings. The number of aryl methyl sites for hydroxylation is 1. The van der Waals surface area contributed by atoms with Crippen molar-refractivity contribution in [1.29, 1.82) is 0 Å². The molecular formula is C16H17ClN2O2S. The minimum absolute atomic E-state index is 0.0204. The lowest BCUT2D eigenvalue weighted by atomic mass is 10.2. The summed E-state index contributed by atoms with van der Waals surface area (Å²) in [4.78, 5) is 8.80. The number of nitrogens with zero attached hydrogens (tertiary/aromatic N) is 2. The third-order valence-corrected chi connectivity index (χ3v) is 5.53. The van der Waals surface area contributed by atoms with E-state index in [-0.39, 0.29) is 11.5 Å². The molecule has 0 aliphatic heterocycles. The molecule has 4 nitrogen and oxygen atoms in total. The first-order valence-corrected chi connectivity index (χ1v) is 9.42. The van der Waals surface area contributed by atoms with Gasteiger partial charge in [-0.1, -0.05) is 11.6 Å². The molecule has 1 heterocycles. The average molecular weight is 337 g/mol. The fraction of sp³-hybridized carbons (Fsp3) is 0.375. The fourth-order valence-corrected chi connectivity index (χ4v) is 4.26. The highest BCUT2D eigenvalue weighted by molar-refractivity contribution is 7.90. The van der Waals surface area contributed by atoms with Crippen LogP contribution in [0.2, 0.25) is 5.02 Å². The Balaban J connectivity index is 1.87. The monoisotopic (exact) mass is 336 g/mol. The first kappa shape index (κ1) is 15.4. The van der Waals surface area contributed by atoms with Crippen molar-refractivity contribution in [2.24, 2.45) is 5.92 Å². The first-order chi connectivity index (χ1) is 10.4. The number of hydrogen-bond acceptors (Lipinski definition) is 4. The van der Waals surface area contributed by atoms with Crippen molar-refractivity contribution in [2.45, 2.75) is 25.5 Å². The summed E-state index contributed by atoms with van der Waals surface area (Å²) in [5, 5.41) is 0.642. The summed E-state index contributed by atoms with van der Waals surface area (Å²) in [6.45, 7) is 1.85. The van der Waals surface area contributed by atoms with Crippen LogP contribution in [-0.2, 0) is 15.6 Å². The number of benzene rings is 1. The molecule has 1 aromatic carbocycles. The molecule has 116 valence electrons. The van der Waals surface area contributed by atoms with Crippen molar-refractivity contribution in [2.75, 3.05) is 5.75 Å². The standard InChI is InChI=1S/C16H17ClN2O2S/c1-11-8-15(10-22(20,21)9-12-2-3-12)19-16(18-11)13-4-6-14(17)7-5-13/h4-8,12H,2-3,9-10H2,1H3. The highest BCUT2D eigenvalue weighted by Gasteiger charge is 2.28. The van der Waals surface area contributed by atoms with E-state index in [1.54, 1.807) is 18.2 Å². The smallest absolute Gasteiger partial charge is 0.159 e. The molecule has 1 aromatic heterocycles. The summed E-state index contributed by atoms with van der Waals surface area (Å²) in [6.07, 6.45) is 2.05. The average Bonchev–Trinajstić information content (AvgIpc) is 3.21. The Bertz CT molecular complexity index is 784. The summed E-state index contributed by atoms with van der Waals surface area (Å²) < 4.78 is 24.4. The summed E-state index contributed by atoms with van der Waals surface area (Å²) in [5.41, 5.74) is 2.14. The second-order valence-electron chi connectivity index (χ2n) is 5.83. The van der Waals surface area contributed by atoms with Gasteiger partial charge in [-0.3, -0.25) is 0 Å². The van der Waals surface area contributed by atoms with Crippen molar-refractivity contribution >= 4 is 21.4 Å². The van der Waals surface area contributed by atoms with E-state index in [4.69, 9.17) is 11.6 Å². The molecule has 6 heteroatoms. The minimum atomic E-state index is -3.11. The summed E-state index contributed by atoms with van der Waals surface area (Å²) in [6, 6.07) is 8.95. The van der Waals surface area contributed by atoms with Crippen molar-refractivity contribution in [3.63, 3.8) is 0 Å². The molecule has 0 saturated heterocycles. The molecule has 0 N–H and O–H groups in total. The molecule has 0 bridgehead atoms. The van der Waals surface area contributed by atoms with Crippen LogP contribution < -0.4 is 0 Å². The zero-order chi connectivity index (χ0) is 15.7. The van der Waals surface area contributed by atoms with E-state index in [2.05, 4.69) is 9.97 Å². The zero-order valence-electron chi connectivity index (χ0n) is 12.3. The lowest BCUT2D eigenvalue weighted by molar-refractivity contribution is 0.591. The van der Waals surface area contributed by atoms with Crippen molar-refractivity contribution < 1.29 is 8.42 Å². The van der Waals surface area contributed by atoms with Crippen LogP contribution in [0.3, 0.4) is 0 Å². The van der Waals surface area contributed by atoms with Gasteiger partial charge >= 0.3 is 0 Å². The maximum absolute atomic E-state index is 12.2. The van der Waals surface area contributed by atoms with Gasteiger partial charge in [0.25, 0.3) is 0 Å². The topological polar surface area (TPSA) is 59.9 Å². The first-order valence-electron chi connectivity index (χ1n) is 7.22. The van der Waals surface area contributed by atoms with Crippen molar-refractivity contribution in [3.05, 3.63) is 46.7 Å². The Labute approximate surface area is 135 Å². The largest absolute Gasteiger partial charge is 0.233 e. The van der Waals surface area contributed by atoms with Crippen LogP contribution in [0.25, 0.3) is 11.4 Å². The Morgan fingerprint density at radius 2 is 1.86 bits per heavy atom. The van der Waals surface area contributed by atoms with E-state index in [0.717, 1.165) is 24.1 Å². The molecule has 3 rings (SSSR count). The second kappa shape index (κ2) is 5.97. The molecule has 0 amide bonds. The van der Waals surface area contributed by atoms with Gasteiger partial charge in [-0.15, -0.1) is 0 Å². The van der Waals surface area contributed by atoms with E-state index in [0.29, 0.717) is 22.5 Å². The second-order valence-corrected chi connectivity index (χ2v) is 8.37. The third kappa shape index (κ3) is 4.05. The van der Waals surface area contributed by atoms with Crippen LogP contribution in [0.5, 0.6) is 0 Å². The Kier molecular flexibility index (Phi) is 4.19. The molecule has 0 spiro atoms. The predicted octanol–water partition coefficient (Wildman–Crippen LogP) is 3.43. The molecule has 0 unspecified atom stereocenters. The van der Waals surface area contributed by atoms with Gasteiger partial charge in [0.2, 0.25) is 0 Å². The SMILES string of the molecule is Cc1cc(CS(=O)(=O)CC2CC2)nc(-c2ccc(Cl)cc2)n1. The summed E-state index contributed by atoms with van der Waals surface area (Å²) in [5.74, 6) is 1.14. The molecule has 0 atom stereocenters. The highest BCUT2D eigenvalue weighted by atomic mass is 35.5. The van der Waals surface area contributed by atoms with Crippen molar-refractivity contribution in [3.8, 4) is 11.4 Å². The van der Waals surface area contributed by atoms with Gasteiger partial charge in [-0.05, 0) is 56.0 Å². The summed E-state index contributed by atoms with van der Waals surface area (Å²) >= 11 is 5.88. The van der Waals surface area contributed by atoms with Gasteiger partial charge in [0.05, 0.1) is 17.2 Å². The number of sulfone groups is 1. The maximum Gasteiger partial charge on any atom is 0.159 e. The normalized spacial score (nSPS) is 15.0. The summed E-state index contributed by atoms with van der Waals surface area (Å²) in [7, 11) is -3.11. The maximum atomic E-state index is 12.2. The molecular weight excluding hydrogens is 320 g/mol. The molecule has 1 saturated carbocycles. The van der Waals surface area contributed by atoms with E-state index in [1.165, 1.54) is 0 Å². The van der Waals surface area contributed by atoms with E-state index in [1.807, 2.05) is 19.1 Å². The van der Waals surface area contributed by atoms with Gasteiger partial charge in [-0.2, -0.15) is 0 Å². The van der Waals surface area contributed by atoms with Gasteiger partial charge in [0, 0.05) is 16.3 Å². The van der Waals surface area contributed by atoms with Gasteiger partial charge in [0.15, 0.2) is 15.7 Å². The number of aromatic nitrogens is 2. The molecule has 1 aliphatic carbocycles. The van der Waals surface area contributed by atoms with Crippen LogP contribution >= 0.6 is 11.6 Å². The molecule has 1 fully saturated rings. The van der Waals surface area contributed by atoms with Crippen LogP contribution in [-0.4, -0.2) is 24.1 Å². The number of hydrogen-bond donors (Lipinski definition) is 0. The predicted molar refractivity (Wildman–Crippen MR) is 87.4 cm³/mol.